The molecule has 20 heavy (non-hydrogen) atoms. The van der Waals surface area contributed by atoms with Crippen molar-refractivity contribution < 1.29 is 14.7 Å². The molecule has 1 aromatic rings. The summed E-state index contributed by atoms with van der Waals surface area (Å²) in [4.78, 5) is 25.0. The molecule has 2 heterocycles. The predicted molar refractivity (Wildman–Crippen MR) is 72.9 cm³/mol. The van der Waals surface area contributed by atoms with Crippen LogP contribution in [0.25, 0.3) is 0 Å². The Hall–Kier alpha value is -1.40. The van der Waals surface area contributed by atoms with Crippen LogP contribution in [0, 0.1) is 5.41 Å². The number of aromatic nitrogens is 2. The first-order valence-corrected chi connectivity index (χ1v) is 6.80. The molecule has 1 aliphatic heterocycles. The van der Waals surface area contributed by atoms with E-state index in [0.29, 0.717) is 25.9 Å². The van der Waals surface area contributed by atoms with Crippen LogP contribution in [0.4, 0.5) is 0 Å². The Kier molecular flexibility index (Phi) is 4.15. The Balaban J connectivity index is 2.13. The van der Waals surface area contributed by atoms with Gasteiger partial charge in [-0.2, -0.15) is 0 Å². The molecule has 1 aliphatic rings. The van der Waals surface area contributed by atoms with Gasteiger partial charge in [-0.25, -0.2) is 0 Å². The number of carboxylic acids is 1. The molecule has 8 heteroatoms. The summed E-state index contributed by atoms with van der Waals surface area (Å²) in [6.07, 6.45) is 0.801. The second kappa shape index (κ2) is 5.54. The maximum atomic E-state index is 12.3. The summed E-state index contributed by atoms with van der Waals surface area (Å²) in [6.45, 7) is 2.41. The van der Waals surface area contributed by atoms with Crippen LogP contribution >= 0.6 is 23.2 Å². The summed E-state index contributed by atoms with van der Waals surface area (Å²) in [7, 11) is 0. The van der Waals surface area contributed by atoms with Crippen LogP contribution in [0.2, 0.25) is 10.3 Å². The van der Waals surface area contributed by atoms with E-state index in [0.717, 1.165) is 0 Å². The number of hydrogen-bond acceptors (Lipinski definition) is 4. The van der Waals surface area contributed by atoms with Gasteiger partial charge in [-0.1, -0.05) is 23.2 Å². The fourth-order valence-corrected chi connectivity index (χ4v) is 2.41. The second-order valence-electron chi connectivity index (χ2n) is 5.03. The molecule has 0 spiro atoms. The Labute approximate surface area is 125 Å². The van der Waals surface area contributed by atoms with Crippen molar-refractivity contribution in [3.63, 3.8) is 0 Å². The summed E-state index contributed by atoms with van der Waals surface area (Å²) in [5.74, 6) is -1.14. The van der Waals surface area contributed by atoms with E-state index in [4.69, 9.17) is 28.3 Å². The molecule has 0 radical (unpaired) electrons. The first-order chi connectivity index (χ1) is 9.33. The Morgan fingerprint density at radius 1 is 1.30 bits per heavy atom. The molecule has 0 aliphatic carbocycles. The molecule has 1 N–H and O–H groups in total. The highest BCUT2D eigenvalue weighted by atomic mass is 35.5. The lowest BCUT2D eigenvalue weighted by molar-refractivity contribution is -0.150. The summed E-state index contributed by atoms with van der Waals surface area (Å²) in [5.41, 5.74) is -0.597. The molecule has 108 valence electrons. The Morgan fingerprint density at radius 3 is 2.45 bits per heavy atom. The average molecular weight is 318 g/mol. The fraction of sp³-hybridized carbons (Fsp3) is 0.500. The van der Waals surface area contributed by atoms with Crippen LogP contribution in [0.15, 0.2) is 6.07 Å². The number of halogens is 2. The minimum absolute atomic E-state index is 0.00836. The molecule has 0 unspecified atom stereocenters. The lowest BCUT2D eigenvalue weighted by Gasteiger charge is -2.36. The molecular formula is C12H13Cl2N3O3. The highest BCUT2D eigenvalue weighted by Crippen LogP contribution is 2.32. The molecule has 2 rings (SSSR count). The van der Waals surface area contributed by atoms with E-state index in [9.17, 15) is 9.59 Å². The molecule has 0 atom stereocenters. The zero-order valence-corrected chi connectivity index (χ0v) is 12.3. The summed E-state index contributed by atoms with van der Waals surface area (Å²) in [5, 5.41) is 16.4. The van der Waals surface area contributed by atoms with Crippen molar-refractivity contribution >= 4 is 35.1 Å². The van der Waals surface area contributed by atoms with Crippen LogP contribution in [-0.2, 0) is 4.79 Å². The predicted octanol–water partition coefficient (Wildman–Crippen LogP) is 2.11. The topological polar surface area (TPSA) is 83.4 Å². The molecule has 1 aromatic heterocycles. The molecule has 1 amide bonds. The van der Waals surface area contributed by atoms with Gasteiger partial charge in [0.15, 0.2) is 10.3 Å². The Morgan fingerprint density at radius 2 is 1.90 bits per heavy atom. The summed E-state index contributed by atoms with van der Waals surface area (Å²) >= 11 is 11.5. The number of aliphatic carboxylic acids is 1. The van der Waals surface area contributed by atoms with Crippen molar-refractivity contribution in [3.05, 3.63) is 21.9 Å². The van der Waals surface area contributed by atoms with Gasteiger partial charge in [0.1, 0.15) is 0 Å². The maximum Gasteiger partial charge on any atom is 0.309 e. The minimum atomic E-state index is -0.837. The van der Waals surface area contributed by atoms with Crippen LogP contribution in [0.1, 0.15) is 30.1 Å². The average Bonchev–Trinajstić information content (AvgIpc) is 2.41. The number of likely N-dealkylation sites (tertiary alicyclic amines) is 1. The van der Waals surface area contributed by atoms with Gasteiger partial charge in [0.25, 0.3) is 5.91 Å². The third kappa shape index (κ3) is 2.86. The maximum absolute atomic E-state index is 12.3. The largest absolute Gasteiger partial charge is 0.481 e. The van der Waals surface area contributed by atoms with Crippen LogP contribution < -0.4 is 0 Å². The number of rotatable bonds is 2. The van der Waals surface area contributed by atoms with Crippen molar-refractivity contribution in [2.45, 2.75) is 19.8 Å². The number of piperidine rings is 1. The number of nitrogens with zero attached hydrogens (tertiary/aromatic N) is 3. The monoisotopic (exact) mass is 317 g/mol. The highest BCUT2D eigenvalue weighted by Gasteiger charge is 2.38. The van der Waals surface area contributed by atoms with Crippen molar-refractivity contribution in [2.24, 2.45) is 5.41 Å². The van der Waals surface area contributed by atoms with Crippen LogP contribution in [0.3, 0.4) is 0 Å². The van der Waals surface area contributed by atoms with Gasteiger partial charge in [-0.15, -0.1) is 10.2 Å². The first-order valence-electron chi connectivity index (χ1n) is 6.05. The number of hydrogen-bond donors (Lipinski definition) is 1. The third-order valence-electron chi connectivity index (χ3n) is 3.62. The first kappa shape index (κ1) is 15.0. The summed E-state index contributed by atoms with van der Waals surface area (Å²) in [6, 6.07) is 1.37. The smallest absolute Gasteiger partial charge is 0.309 e. The molecular weight excluding hydrogens is 305 g/mol. The van der Waals surface area contributed by atoms with Crippen LogP contribution in [0.5, 0.6) is 0 Å². The van der Waals surface area contributed by atoms with E-state index < -0.39 is 11.4 Å². The van der Waals surface area contributed by atoms with Gasteiger partial charge < -0.3 is 10.0 Å². The number of carboxylic acid groups (broad SMARTS) is 1. The van der Waals surface area contributed by atoms with Crippen molar-refractivity contribution in [3.8, 4) is 0 Å². The van der Waals surface area contributed by atoms with Crippen LogP contribution in [-0.4, -0.2) is 45.2 Å². The van der Waals surface area contributed by atoms with Gasteiger partial charge >= 0.3 is 5.97 Å². The van der Waals surface area contributed by atoms with E-state index in [2.05, 4.69) is 10.2 Å². The van der Waals surface area contributed by atoms with Crippen molar-refractivity contribution in [2.75, 3.05) is 13.1 Å². The lowest BCUT2D eigenvalue weighted by atomic mass is 9.80. The number of carbonyl (C=O) groups excluding carboxylic acids is 1. The standard InChI is InChI=1S/C12H13Cl2N3O3/c1-12(11(19)20)2-4-17(5-3-12)10(18)7-6-8(13)15-16-9(7)14/h6H,2-5H2,1H3,(H,19,20). The van der Waals surface area contributed by atoms with Crippen molar-refractivity contribution in [1.29, 1.82) is 0 Å². The molecule has 0 bridgehead atoms. The third-order valence-corrected chi connectivity index (χ3v) is 4.08. The fourth-order valence-electron chi connectivity index (χ4n) is 2.09. The van der Waals surface area contributed by atoms with Gasteiger partial charge in [-0.3, -0.25) is 9.59 Å². The quantitative estimate of drug-likeness (QED) is 0.903. The molecule has 0 saturated carbocycles. The molecule has 1 saturated heterocycles. The van der Waals surface area contributed by atoms with E-state index in [1.807, 2.05) is 0 Å². The molecule has 0 aromatic carbocycles. The normalized spacial score (nSPS) is 17.9. The van der Waals surface area contributed by atoms with Gasteiger partial charge in [0.05, 0.1) is 11.0 Å². The lowest BCUT2D eigenvalue weighted by Crippen LogP contribution is -2.45. The molecule has 1 fully saturated rings. The Bertz CT molecular complexity index is 557. The van der Waals surface area contributed by atoms with Gasteiger partial charge in [0, 0.05) is 13.1 Å². The number of amides is 1. The number of carbonyl (C=O) groups is 2. The minimum Gasteiger partial charge on any atom is -0.481 e. The van der Waals surface area contributed by atoms with E-state index in [-0.39, 0.29) is 21.8 Å². The van der Waals surface area contributed by atoms with Crippen molar-refractivity contribution in [1.82, 2.24) is 15.1 Å². The zero-order chi connectivity index (χ0) is 14.9. The summed E-state index contributed by atoms with van der Waals surface area (Å²) < 4.78 is 0. The zero-order valence-electron chi connectivity index (χ0n) is 10.8. The van der Waals surface area contributed by atoms with E-state index >= 15 is 0 Å². The van der Waals surface area contributed by atoms with Gasteiger partial charge in [0.2, 0.25) is 0 Å². The molecule has 6 nitrogen and oxygen atoms in total. The van der Waals surface area contributed by atoms with Gasteiger partial charge in [-0.05, 0) is 25.8 Å². The highest BCUT2D eigenvalue weighted by molar-refractivity contribution is 6.34. The van der Waals surface area contributed by atoms with E-state index in [1.165, 1.54) is 6.07 Å². The van der Waals surface area contributed by atoms with E-state index in [1.54, 1.807) is 11.8 Å². The SMILES string of the molecule is CC1(C(=O)O)CCN(C(=O)c2cc(Cl)nnc2Cl)CC1. The second-order valence-corrected chi connectivity index (χ2v) is 5.77.